The lowest BCUT2D eigenvalue weighted by Gasteiger charge is -2.10. The van der Waals surface area contributed by atoms with Crippen LogP contribution in [0.3, 0.4) is 0 Å². The standard InChI is InChI=1S/C19H23ClN2O2/c1-14-11-15(2)13-18(12-14)24-10-9-22-19(23)21-8-7-16-3-5-17(20)6-4-16/h3-6,11-13H,7-10H2,1-2H3,(H2,21,22,23). The van der Waals surface area contributed by atoms with Gasteiger partial charge >= 0.3 is 6.03 Å². The van der Waals surface area contributed by atoms with Gasteiger partial charge in [-0.05, 0) is 61.2 Å². The molecule has 0 heterocycles. The molecule has 4 nitrogen and oxygen atoms in total. The van der Waals surface area contributed by atoms with Crippen molar-refractivity contribution in [2.75, 3.05) is 19.7 Å². The molecule has 0 fully saturated rings. The number of carbonyl (C=O) groups excluding carboxylic acids is 1. The van der Waals surface area contributed by atoms with E-state index in [1.165, 1.54) is 0 Å². The minimum atomic E-state index is -0.187. The van der Waals surface area contributed by atoms with Crippen LogP contribution in [0, 0.1) is 13.8 Å². The number of carbonyl (C=O) groups is 1. The maximum atomic E-state index is 11.7. The fourth-order valence-electron chi connectivity index (χ4n) is 2.38. The number of benzene rings is 2. The van der Waals surface area contributed by atoms with E-state index in [9.17, 15) is 4.79 Å². The van der Waals surface area contributed by atoms with Crippen molar-refractivity contribution in [2.24, 2.45) is 0 Å². The number of ether oxygens (including phenoxy) is 1. The molecule has 0 spiro atoms. The molecule has 24 heavy (non-hydrogen) atoms. The Balaban J connectivity index is 1.60. The summed E-state index contributed by atoms with van der Waals surface area (Å²) in [5.74, 6) is 0.831. The van der Waals surface area contributed by atoms with Gasteiger partial charge in [0.1, 0.15) is 12.4 Å². The number of halogens is 1. The Labute approximate surface area is 148 Å². The maximum Gasteiger partial charge on any atom is 0.314 e. The largest absolute Gasteiger partial charge is 0.492 e. The number of nitrogens with one attached hydrogen (secondary N) is 2. The summed E-state index contributed by atoms with van der Waals surface area (Å²) in [6.45, 7) is 5.54. The second kappa shape index (κ2) is 9.18. The van der Waals surface area contributed by atoms with Crippen molar-refractivity contribution >= 4 is 17.6 Å². The highest BCUT2D eigenvalue weighted by Crippen LogP contribution is 2.15. The van der Waals surface area contributed by atoms with Gasteiger partial charge in [-0.3, -0.25) is 0 Å². The summed E-state index contributed by atoms with van der Waals surface area (Å²) < 4.78 is 5.65. The van der Waals surface area contributed by atoms with Crippen LogP contribution in [0.1, 0.15) is 16.7 Å². The van der Waals surface area contributed by atoms with Crippen molar-refractivity contribution in [2.45, 2.75) is 20.3 Å². The highest BCUT2D eigenvalue weighted by atomic mass is 35.5. The first-order valence-corrected chi connectivity index (χ1v) is 8.38. The molecule has 0 aliphatic carbocycles. The Kier molecular flexibility index (Phi) is 6.94. The quantitative estimate of drug-likeness (QED) is 0.747. The molecule has 0 atom stereocenters. The summed E-state index contributed by atoms with van der Waals surface area (Å²) in [5, 5.41) is 6.32. The summed E-state index contributed by atoms with van der Waals surface area (Å²) in [6.07, 6.45) is 0.768. The van der Waals surface area contributed by atoms with E-state index in [4.69, 9.17) is 16.3 Å². The van der Waals surface area contributed by atoms with Crippen LogP contribution < -0.4 is 15.4 Å². The van der Waals surface area contributed by atoms with Gasteiger partial charge in [0.2, 0.25) is 0 Å². The number of amides is 2. The smallest absolute Gasteiger partial charge is 0.314 e. The highest BCUT2D eigenvalue weighted by Gasteiger charge is 2.01. The molecular weight excluding hydrogens is 324 g/mol. The second-order valence-corrected chi connectivity index (χ2v) is 6.17. The fraction of sp³-hybridized carbons (Fsp3) is 0.316. The predicted molar refractivity (Wildman–Crippen MR) is 98.0 cm³/mol. The molecular formula is C19H23ClN2O2. The first-order chi connectivity index (χ1) is 11.5. The fourth-order valence-corrected chi connectivity index (χ4v) is 2.51. The molecule has 2 N–H and O–H groups in total. The van der Waals surface area contributed by atoms with E-state index >= 15 is 0 Å². The van der Waals surface area contributed by atoms with Gasteiger partial charge in [0.15, 0.2) is 0 Å². The van der Waals surface area contributed by atoms with Crippen LogP contribution in [-0.4, -0.2) is 25.7 Å². The normalized spacial score (nSPS) is 10.3. The molecule has 0 aromatic heterocycles. The number of aryl methyl sites for hydroxylation is 2. The van der Waals surface area contributed by atoms with Gasteiger partial charge in [-0.15, -0.1) is 0 Å². The van der Waals surface area contributed by atoms with Crippen molar-refractivity contribution in [3.8, 4) is 5.75 Å². The highest BCUT2D eigenvalue weighted by molar-refractivity contribution is 6.30. The lowest BCUT2D eigenvalue weighted by Crippen LogP contribution is -2.38. The van der Waals surface area contributed by atoms with E-state index in [0.29, 0.717) is 24.7 Å². The maximum absolute atomic E-state index is 11.7. The molecule has 0 saturated carbocycles. The number of rotatable bonds is 7. The van der Waals surface area contributed by atoms with Crippen molar-refractivity contribution in [1.29, 1.82) is 0 Å². The van der Waals surface area contributed by atoms with Gasteiger partial charge in [0.05, 0.1) is 6.54 Å². The van der Waals surface area contributed by atoms with E-state index in [0.717, 1.165) is 28.9 Å². The number of hydrogen-bond acceptors (Lipinski definition) is 2. The zero-order valence-corrected chi connectivity index (χ0v) is 14.8. The van der Waals surface area contributed by atoms with E-state index in [-0.39, 0.29) is 6.03 Å². The van der Waals surface area contributed by atoms with Crippen LogP contribution in [0.15, 0.2) is 42.5 Å². The molecule has 2 aromatic carbocycles. The molecule has 128 valence electrons. The monoisotopic (exact) mass is 346 g/mol. The second-order valence-electron chi connectivity index (χ2n) is 5.73. The Bertz CT molecular complexity index is 651. The molecule has 0 bridgehead atoms. The Morgan fingerprint density at radius 3 is 2.29 bits per heavy atom. The molecule has 0 radical (unpaired) electrons. The minimum absolute atomic E-state index is 0.187. The zero-order valence-electron chi connectivity index (χ0n) is 14.1. The van der Waals surface area contributed by atoms with Gasteiger partial charge in [-0.25, -0.2) is 4.79 Å². The van der Waals surface area contributed by atoms with Gasteiger partial charge in [-0.1, -0.05) is 29.8 Å². The topological polar surface area (TPSA) is 50.4 Å². The van der Waals surface area contributed by atoms with E-state index in [1.807, 2.05) is 50.2 Å². The molecule has 0 aliphatic heterocycles. The molecule has 0 unspecified atom stereocenters. The number of urea groups is 1. The van der Waals surface area contributed by atoms with Crippen LogP contribution >= 0.6 is 11.6 Å². The Hall–Kier alpha value is -2.20. The van der Waals surface area contributed by atoms with Gasteiger partial charge in [0, 0.05) is 11.6 Å². The summed E-state index contributed by atoms with van der Waals surface area (Å²) in [4.78, 5) is 11.7. The average molecular weight is 347 g/mol. The van der Waals surface area contributed by atoms with Gasteiger partial charge in [0.25, 0.3) is 0 Å². The minimum Gasteiger partial charge on any atom is -0.492 e. The molecule has 2 amide bonds. The first kappa shape index (κ1) is 18.1. The first-order valence-electron chi connectivity index (χ1n) is 8.00. The summed E-state index contributed by atoms with van der Waals surface area (Å²) in [7, 11) is 0. The van der Waals surface area contributed by atoms with Crippen molar-refractivity contribution in [3.63, 3.8) is 0 Å². The van der Waals surface area contributed by atoms with Crippen LogP contribution in [0.5, 0.6) is 5.75 Å². The van der Waals surface area contributed by atoms with Crippen LogP contribution in [0.2, 0.25) is 5.02 Å². The van der Waals surface area contributed by atoms with Gasteiger partial charge < -0.3 is 15.4 Å². The van der Waals surface area contributed by atoms with E-state index in [1.54, 1.807) is 0 Å². The van der Waals surface area contributed by atoms with Crippen molar-refractivity contribution < 1.29 is 9.53 Å². The van der Waals surface area contributed by atoms with Crippen molar-refractivity contribution in [3.05, 3.63) is 64.2 Å². The van der Waals surface area contributed by atoms with Crippen LogP contribution in [0.4, 0.5) is 4.79 Å². The Morgan fingerprint density at radius 2 is 1.62 bits per heavy atom. The molecule has 2 rings (SSSR count). The molecule has 2 aromatic rings. The summed E-state index contributed by atoms with van der Waals surface area (Å²) in [6, 6.07) is 13.5. The number of hydrogen-bond donors (Lipinski definition) is 2. The third kappa shape index (κ3) is 6.50. The van der Waals surface area contributed by atoms with Crippen LogP contribution in [-0.2, 0) is 6.42 Å². The summed E-state index contributed by atoms with van der Waals surface area (Å²) in [5.41, 5.74) is 3.47. The zero-order chi connectivity index (χ0) is 17.4. The summed E-state index contributed by atoms with van der Waals surface area (Å²) >= 11 is 5.84. The van der Waals surface area contributed by atoms with Gasteiger partial charge in [-0.2, -0.15) is 0 Å². The lowest BCUT2D eigenvalue weighted by molar-refractivity contribution is 0.236. The third-order valence-electron chi connectivity index (χ3n) is 3.46. The van der Waals surface area contributed by atoms with E-state index < -0.39 is 0 Å². The molecule has 0 saturated heterocycles. The van der Waals surface area contributed by atoms with Crippen molar-refractivity contribution in [1.82, 2.24) is 10.6 Å². The third-order valence-corrected chi connectivity index (χ3v) is 3.72. The van der Waals surface area contributed by atoms with Crippen LogP contribution in [0.25, 0.3) is 0 Å². The predicted octanol–water partition coefficient (Wildman–Crippen LogP) is 3.88. The Morgan fingerprint density at radius 1 is 1.00 bits per heavy atom. The SMILES string of the molecule is Cc1cc(C)cc(OCCNC(=O)NCCc2ccc(Cl)cc2)c1. The average Bonchev–Trinajstić information content (AvgIpc) is 2.53. The van der Waals surface area contributed by atoms with E-state index in [2.05, 4.69) is 16.7 Å². The molecule has 5 heteroatoms. The molecule has 0 aliphatic rings. The lowest BCUT2D eigenvalue weighted by atomic mass is 10.1.